The van der Waals surface area contributed by atoms with Gasteiger partial charge in [0.15, 0.2) is 12.6 Å². The Morgan fingerprint density at radius 3 is 1.54 bits per heavy atom. The maximum atomic E-state index is 11.9. The fraction of sp³-hybridized carbons (Fsp3) is 0.364. The Bertz CT molecular complexity index is 865. The van der Waals surface area contributed by atoms with Crippen LogP contribution in [0.25, 0.3) is 11.1 Å². The minimum atomic E-state index is -0.118. The summed E-state index contributed by atoms with van der Waals surface area (Å²) >= 11 is 0. The molecule has 0 N–H and O–H groups in total. The molecule has 0 saturated carbocycles. The smallest absolute Gasteiger partial charge is 0.150 e. The van der Waals surface area contributed by atoms with Crippen LogP contribution in [0.4, 0.5) is 0 Å². The Hall–Kier alpha value is -2.30. The third kappa shape index (κ3) is 2.29. The van der Waals surface area contributed by atoms with Gasteiger partial charge in [0, 0.05) is 11.1 Å². The molecule has 0 aromatic heterocycles. The molecule has 0 saturated heterocycles. The van der Waals surface area contributed by atoms with E-state index in [-0.39, 0.29) is 12.2 Å². The zero-order chi connectivity index (χ0) is 18.6. The van der Waals surface area contributed by atoms with Gasteiger partial charge in [-0.05, 0) is 84.3 Å². The fourth-order valence-corrected chi connectivity index (χ4v) is 4.43. The number of aldehydes is 2. The van der Waals surface area contributed by atoms with Gasteiger partial charge < -0.3 is 9.47 Å². The highest BCUT2D eigenvalue weighted by Gasteiger charge is 2.33. The lowest BCUT2D eigenvalue weighted by Crippen LogP contribution is -2.07. The van der Waals surface area contributed by atoms with E-state index >= 15 is 0 Å². The van der Waals surface area contributed by atoms with E-state index in [9.17, 15) is 9.59 Å². The van der Waals surface area contributed by atoms with Crippen molar-refractivity contribution in [3.8, 4) is 11.1 Å². The van der Waals surface area contributed by atoms with Gasteiger partial charge in [0.05, 0.1) is 25.4 Å². The molecule has 4 rings (SSSR count). The molecule has 2 aromatic carbocycles. The second kappa shape index (κ2) is 6.15. The van der Waals surface area contributed by atoms with Gasteiger partial charge in [0.2, 0.25) is 0 Å². The molecule has 2 aliphatic heterocycles. The summed E-state index contributed by atoms with van der Waals surface area (Å²) in [6.45, 7) is 9.07. The Balaban J connectivity index is 2.16. The summed E-state index contributed by atoms with van der Waals surface area (Å²) in [6, 6.07) is 3.81. The molecule has 26 heavy (non-hydrogen) atoms. The van der Waals surface area contributed by atoms with E-state index in [0.717, 1.165) is 57.1 Å². The molecule has 4 nitrogen and oxygen atoms in total. The number of hydrogen-bond acceptors (Lipinski definition) is 4. The van der Waals surface area contributed by atoms with Crippen LogP contribution in [-0.4, -0.2) is 12.6 Å². The summed E-state index contributed by atoms with van der Waals surface area (Å²) in [6.07, 6.45) is 1.53. The summed E-state index contributed by atoms with van der Waals surface area (Å²) < 4.78 is 11.7. The molecule has 0 amide bonds. The highest BCUT2D eigenvalue weighted by molar-refractivity contribution is 5.98. The lowest BCUT2D eigenvalue weighted by molar-refractivity contribution is 0.0789. The Morgan fingerprint density at radius 1 is 0.808 bits per heavy atom. The third-order valence-electron chi connectivity index (χ3n) is 5.73. The molecule has 2 heterocycles. The topological polar surface area (TPSA) is 52.6 Å². The van der Waals surface area contributed by atoms with Crippen molar-refractivity contribution in [3.63, 3.8) is 0 Å². The van der Waals surface area contributed by atoms with Gasteiger partial charge in [0.1, 0.15) is 0 Å². The van der Waals surface area contributed by atoms with Crippen molar-refractivity contribution in [2.75, 3.05) is 0 Å². The van der Waals surface area contributed by atoms with Gasteiger partial charge in [-0.2, -0.15) is 0 Å². The van der Waals surface area contributed by atoms with Crippen molar-refractivity contribution in [3.05, 3.63) is 56.6 Å². The first-order chi connectivity index (χ1) is 12.5. The molecule has 134 valence electrons. The second-order valence-electron chi connectivity index (χ2n) is 7.24. The van der Waals surface area contributed by atoms with E-state index in [1.807, 2.05) is 39.8 Å². The van der Waals surface area contributed by atoms with Crippen LogP contribution in [0.2, 0.25) is 0 Å². The van der Waals surface area contributed by atoms with Crippen molar-refractivity contribution in [1.29, 1.82) is 0 Å². The predicted molar refractivity (Wildman–Crippen MR) is 98.5 cm³/mol. The minimum Gasteiger partial charge on any atom is -0.369 e. The van der Waals surface area contributed by atoms with Crippen molar-refractivity contribution >= 4 is 12.6 Å². The summed E-state index contributed by atoms with van der Waals surface area (Å²) in [5.41, 5.74) is 9.28. The molecular formula is C22H22O4. The van der Waals surface area contributed by atoms with Crippen LogP contribution in [0.3, 0.4) is 0 Å². The molecule has 0 bridgehead atoms. The number of carbonyl (C=O) groups excluding carboxylic acids is 2. The van der Waals surface area contributed by atoms with Crippen LogP contribution < -0.4 is 0 Å². The lowest BCUT2D eigenvalue weighted by Gasteiger charge is -2.21. The van der Waals surface area contributed by atoms with Crippen LogP contribution in [0, 0.1) is 13.8 Å². The first kappa shape index (κ1) is 17.1. The van der Waals surface area contributed by atoms with Crippen molar-refractivity contribution in [2.24, 2.45) is 0 Å². The van der Waals surface area contributed by atoms with Gasteiger partial charge in [0.25, 0.3) is 0 Å². The zero-order valence-corrected chi connectivity index (χ0v) is 15.5. The summed E-state index contributed by atoms with van der Waals surface area (Å²) in [5, 5.41) is 0. The SMILES string of the molecule is Cc1cc(C=O)c(-c2c(C=O)cc(C)c3c2[C@@H](C)OC3)c2c1CO[C@@H]2C. The average Bonchev–Trinajstić information content (AvgIpc) is 3.20. The van der Waals surface area contributed by atoms with E-state index in [2.05, 4.69) is 0 Å². The molecule has 2 aliphatic rings. The molecule has 0 fully saturated rings. The number of ether oxygens (including phenoxy) is 2. The monoisotopic (exact) mass is 350 g/mol. The van der Waals surface area contributed by atoms with E-state index in [0.29, 0.717) is 24.3 Å². The maximum Gasteiger partial charge on any atom is 0.150 e. The molecule has 0 aliphatic carbocycles. The molecule has 2 atom stereocenters. The molecule has 2 aromatic rings. The normalized spacial score (nSPS) is 20.8. The molecule has 0 spiro atoms. The van der Waals surface area contributed by atoms with E-state index in [1.165, 1.54) is 0 Å². The molecule has 4 heteroatoms. The summed E-state index contributed by atoms with van der Waals surface area (Å²) in [5.74, 6) is 0. The molecular weight excluding hydrogens is 328 g/mol. The van der Waals surface area contributed by atoms with Crippen LogP contribution >= 0.6 is 0 Å². The number of benzene rings is 2. The number of rotatable bonds is 3. The second-order valence-corrected chi connectivity index (χ2v) is 7.24. The Labute approximate surface area is 153 Å². The zero-order valence-electron chi connectivity index (χ0n) is 15.5. The van der Waals surface area contributed by atoms with Crippen LogP contribution in [-0.2, 0) is 22.7 Å². The third-order valence-corrected chi connectivity index (χ3v) is 5.73. The van der Waals surface area contributed by atoms with Gasteiger partial charge in [-0.25, -0.2) is 0 Å². The average molecular weight is 350 g/mol. The first-order valence-corrected chi connectivity index (χ1v) is 8.94. The van der Waals surface area contributed by atoms with Gasteiger partial charge in [-0.15, -0.1) is 0 Å². The Morgan fingerprint density at radius 2 is 1.19 bits per heavy atom. The van der Waals surface area contributed by atoms with E-state index in [4.69, 9.17) is 9.47 Å². The fourth-order valence-electron chi connectivity index (χ4n) is 4.43. The largest absolute Gasteiger partial charge is 0.369 e. The van der Waals surface area contributed by atoms with Crippen molar-refractivity contribution < 1.29 is 19.1 Å². The number of aryl methyl sites for hydroxylation is 2. The summed E-state index contributed by atoms with van der Waals surface area (Å²) in [4.78, 5) is 23.9. The minimum absolute atomic E-state index is 0.118. The predicted octanol–water partition coefficient (Wildman–Crippen LogP) is 4.78. The first-order valence-electron chi connectivity index (χ1n) is 8.94. The van der Waals surface area contributed by atoms with E-state index in [1.54, 1.807) is 0 Å². The maximum absolute atomic E-state index is 11.9. The molecule has 0 unspecified atom stereocenters. The highest BCUT2D eigenvalue weighted by atomic mass is 16.5. The van der Waals surface area contributed by atoms with E-state index < -0.39 is 0 Å². The number of carbonyl (C=O) groups is 2. The van der Waals surface area contributed by atoms with Crippen LogP contribution in [0.5, 0.6) is 0 Å². The van der Waals surface area contributed by atoms with Gasteiger partial charge in [-0.3, -0.25) is 9.59 Å². The number of fused-ring (bicyclic) bond motifs is 2. The quantitative estimate of drug-likeness (QED) is 0.748. The van der Waals surface area contributed by atoms with Crippen LogP contribution in [0.1, 0.15) is 80.2 Å². The van der Waals surface area contributed by atoms with Crippen molar-refractivity contribution in [1.82, 2.24) is 0 Å². The molecule has 0 radical (unpaired) electrons. The summed E-state index contributed by atoms with van der Waals surface area (Å²) in [7, 11) is 0. The van der Waals surface area contributed by atoms with Gasteiger partial charge in [-0.1, -0.05) is 0 Å². The van der Waals surface area contributed by atoms with Crippen LogP contribution in [0.15, 0.2) is 12.1 Å². The van der Waals surface area contributed by atoms with Gasteiger partial charge >= 0.3 is 0 Å². The lowest BCUT2D eigenvalue weighted by atomic mass is 9.81. The highest BCUT2D eigenvalue weighted by Crippen LogP contribution is 2.48. The van der Waals surface area contributed by atoms with Crippen molar-refractivity contribution in [2.45, 2.75) is 53.1 Å². The Kier molecular flexibility index (Phi) is 4.05. The standard InChI is InChI=1S/C22H22O4/c1-11-5-15(7-23)21(19-13(3)25-9-17(11)19)22-16(8-24)6-12(2)18-10-26-14(4)20(18)22/h5-8,13-14H,9-10H2,1-4H3/t13-,14-/m1/s1. The number of hydrogen-bond donors (Lipinski definition) is 0.